The highest BCUT2D eigenvalue weighted by molar-refractivity contribution is 5.54. The molecule has 2 rings (SSSR count). The van der Waals surface area contributed by atoms with Gasteiger partial charge in [-0.1, -0.05) is 84.0 Å². The fourth-order valence-electron chi connectivity index (χ4n) is 5.14. The third kappa shape index (κ3) is 7.40. The summed E-state index contributed by atoms with van der Waals surface area (Å²) in [4.78, 5) is 11.1. The quantitative estimate of drug-likeness (QED) is 0.315. The second-order valence-corrected chi connectivity index (χ2v) is 8.68. The van der Waals surface area contributed by atoms with Crippen LogP contribution < -0.4 is 0 Å². The van der Waals surface area contributed by atoms with Crippen LogP contribution in [-0.4, -0.2) is 6.29 Å². The van der Waals surface area contributed by atoms with Gasteiger partial charge in [-0.15, -0.1) is 0 Å². The highest BCUT2D eigenvalue weighted by Gasteiger charge is 2.23. The van der Waals surface area contributed by atoms with Crippen molar-refractivity contribution < 1.29 is 4.79 Å². The number of aldehydes is 1. The number of unbranched alkanes of at least 4 members (excludes halogenated alkanes) is 5. The molecule has 23 heavy (non-hydrogen) atoms. The topological polar surface area (TPSA) is 17.1 Å². The lowest BCUT2D eigenvalue weighted by Crippen LogP contribution is -2.20. The van der Waals surface area contributed by atoms with Gasteiger partial charge in [0.2, 0.25) is 0 Å². The molecule has 0 aromatic heterocycles. The van der Waals surface area contributed by atoms with Crippen molar-refractivity contribution in [3.05, 3.63) is 0 Å². The summed E-state index contributed by atoms with van der Waals surface area (Å²) >= 11 is 0. The number of carbonyl (C=O) groups is 1. The molecule has 0 amide bonds. The highest BCUT2D eigenvalue weighted by Crippen LogP contribution is 2.33. The zero-order valence-corrected chi connectivity index (χ0v) is 15.6. The predicted octanol–water partition coefficient (Wildman–Crippen LogP) is 6.94. The van der Waals surface area contributed by atoms with E-state index >= 15 is 0 Å². The van der Waals surface area contributed by atoms with Gasteiger partial charge in [0.1, 0.15) is 6.29 Å². The van der Waals surface area contributed by atoms with E-state index in [0.717, 1.165) is 24.2 Å². The minimum Gasteiger partial charge on any atom is -0.303 e. The second kappa shape index (κ2) is 11.3. The molecular formula is C22H40O. The summed E-state index contributed by atoms with van der Waals surface area (Å²) in [5.41, 5.74) is 0. The molecule has 0 heterocycles. The monoisotopic (exact) mass is 320 g/mol. The van der Waals surface area contributed by atoms with Crippen LogP contribution in [0, 0.1) is 23.7 Å². The third-order valence-corrected chi connectivity index (χ3v) is 6.62. The van der Waals surface area contributed by atoms with Gasteiger partial charge in [-0.3, -0.25) is 0 Å². The van der Waals surface area contributed by atoms with E-state index in [1.165, 1.54) is 103 Å². The van der Waals surface area contributed by atoms with E-state index in [2.05, 4.69) is 6.92 Å². The van der Waals surface area contributed by atoms with Gasteiger partial charge >= 0.3 is 0 Å². The minimum atomic E-state index is 0.390. The number of hydrogen-bond acceptors (Lipinski definition) is 1. The average Bonchev–Trinajstić information content (AvgIpc) is 2.57. The molecule has 0 aliphatic heterocycles. The van der Waals surface area contributed by atoms with Gasteiger partial charge in [-0.25, -0.2) is 0 Å². The molecule has 1 heteroatoms. The molecule has 2 saturated carbocycles. The summed E-state index contributed by atoms with van der Waals surface area (Å²) < 4.78 is 0. The van der Waals surface area contributed by atoms with Crippen molar-refractivity contribution in [1.29, 1.82) is 0 Å². The average molecular weight is 321 g/mol. The van der Waals surface area contributed by atoms with Crippen LogP contribution in [0.4, 0.5) is 0 Å². The Balaban J connectivity index is 1.41. The molecule has 0 N–H and O–H groups in total. The molecule has 2 aliphatic carbocycles. The lowest BCUT2D eigenvalue weighted by atomic mass is 9.77. The van der Waals surface area contributed by atoms with Gasteiger partial charge < -0.3 is 4.79 Å². The van der Waals surface area contributed by atoms with E-state index in [-0.39, 0.29) is 0 Å². The second-order valence-electron chi connectivity index (χ2n) is 8.68. The highest BCUT2D eigenvalue weighted by atomic mass is 16.1. The van der Waals surface area contributed by atoms with E-state index in [0.29, 0.717) is 5.92 Å². The van der Waals surface area contributed by atoms with Gasteiger partial charge in [-0.2, -0.15) is 0 Å². The summed E-state index contributed by atoms with van der Waals surface area (Å²) in [6.07, 6.45) is 23.6. The fourth-order valence-corrected chi connectivity index (χ4v) is 5.14. The van der Waals surface area contributed by atoms with Gasteiger partial charge in [0.25, 0.3) is 0 Å². The molecule has 0 bridgehead atoms. The summed E-state index contributed by atoms with van der Waals surface area (Å²) in [6.45, 7) is 2.44. The zero-order valence-electron chi connectivity index (χ0n) is 15.6. The maximum atomic E-state index is 11.1. The molecule has 0 radical (unpaired) electrons. The summed E-state index contributed by atoms with van der Waals surface area (Å²) in [5.74, 6) is 3.14. The molecule has 0 aromatic carbocycles. The first-order valence-corrected chi connectivity index (χ1v) is 10.7. The van der Waals surface area contributed by atoms with Crippen LogP contribution in [0.2, 0.25) is 0 Å². The van der Waals surface area contributed by atoms with Crippen LogP contribution in [0.25, 0.3) is 0 Å². The van der Waals surface area contributed by atoms with Gasteiger partial charge in [0.05, 0.1) is 0 Å². The molecule has 134 valence electrons. The van der Waals surface area contributed by atoms with E-state index in [4.69, 9.17) is 0 Å². The van der Waals surface area contributed by atoms with Crippen molar-refractivity contribution in [2.75, 3.05) is 0 Å². The van der Waals surface area contributed by atoms with Crippen LogP contribution >= 0.6 is 0 Å². The van der Waals surface area contributed by atoms with Crippen LogP contribution in [0.15, 0.2) is 0 Å². The minimum absolute atomic E-state index is 0.390. The molecule has 4 atom stereocenters. The summed E-state index contributed by atoms with van der Waals surface area (Å²) in [5, 5.41) is 0. The van der Waals surface area contributed by atoms with Crippen molar-refractivity contribution in [3.8, 4) is 0 Å². The van der Waals surface area contributed by atoms with Crippen molar-refractivity contribution in [3.63, 3.8) is 0 Å². The van der Waals surface area contributed by atoms with Crippen molar-refractivity contribution in [1.82, 2.24) is 0 Å². The Morgan fingerprint density at radius 2 is 1.48 bits per heavy atom. The fraction of sp³-hybridized carbons (Fsp3) is 0.955. The standard InChI is InChI=1S/C22H40O/c1-19-11-10-13-20(17-19)12-6-4-2-3-5-7-14-21-15-8-9-16-22(21)18-23/h18-22H,2-17H2,1H3. The maximum absolute atomic E-state index is 11.1. The van der Waals surface area contributed by atoms with E-state index in [1.54, 1.807) is 0 Å². The van der Waals surface area contributed by atoms with Crippen LogP contribution in [0.1, 0.15) is 110 Å². The Bertz CT molecular complexity index is 311. The van der Waals surface area contributed by atoms with E-state index in [9.17, 15) is 4.79 Å². The molecule has 0 spiro atoms. The van der Waals surface area contributed by atoms with Gasteiger partial charge in [-0.05, 0) is 43.4 Å². The number of hydrogen-bond donors (Lipinski definition) is 0. The predicted molar refractivity (Wildman–Crippen MR) is 99.6 cm³/mol. The van der Waals surface area contributed by atoms with E-state index in [1.807, 2.05) is 0 Å². The van der Waals surface area contributed by atoms with Crippen LogP contribution in [-0.2, 0) is 4.79 Å². The SMILES string of the molecule is CC1CCCC(CCCCCCCCC2CCCCC2C=O)C1. The lowest BCUT2D eigenvalue weighted by Gasteiger charge is -2.27. The van der Waals surface area contributed by atoms with Gasteiger partial charge in [0.15, 0.2) is 0 Å². The Morgan fingerprint density at radius 1 is 0.783 bits per heavy atom. The molecular weight excluding hydrogens is 280 g/mol. The Labute approximate surface area is 145 Å². The molecule has 0 aromatic rings. The number of rotatable bonds is 10. The molecule has 1 nitrogen and oxygen atoms in total. The largest absolute Gasteiger partial charge is 0.303 e. The van der Waals surface area contributed by atoms with E-state index < -0.39 is 0 Å². The first-order valence-electron chi connectivity index (χ1n) is 10.7. The van der Waals surface area contributed by atoms with Crippen molar-refractivity contribution in [2.24, 2.45) is 23.7 Å². The van der Waals surface area contributed by atoms with Crippen LogP contribution in [0.5, 0.6) is 0 Å². The molecule has 2 fully saturated rings. The smallest absolute Gasteiger partial charge is 0.123 e. The first-order chi connectivity index (χ1) is 11.3. The Hall–Kier alpha value is -0.330. The first kappa shape index (κ1) is 19.0. The lowest BCUT2D eigenvalue weighted by molar-refractivity contribution is -0.113. The molecule has 2 aliphatic rings. The summed E-state index contributed by atoms with van der Waals surface area (Å²) in [7, 11) is 0. The molecule has 4 unspecified atom stereocenters. The zero-order chi connectivity index (χ0) is 16.3. The summed E-state index contributed by atoms with van der Waals surface area (Å²) in [6, 6.07) is 0. The van der Waals surface area contributed by atoms with Crippen molar-refractivity contribution in [2.45, 2.75) is 110 Å². The molecule has 0 saturated heterocycles. The number of carbonyl (C=O) groups excluding carboxylic acids is 1. The van der Waals surface area contributed by atoms with Crippen molar-refractivity contribution >= 4 is 6.29 Å². The third-order valence-electron chi connectivity index (χ3n) is 6.62. The Morgan fingerprint density at radius 3 is 2.22 bits per heavy atom. The normalized spacial score (nSPS) is 31.9. The van der Waals surface area contributed by atoms with Gasteiger partial charge in [0, 0.05) is 5.92 Å². The Kier molecular flexibility index (Phi) is 9.31. The van der Waals surface area contributed by atoms with Crippen LogP contribution in [0.3, 0.4) is 0 Å². The maximum Gasteiger partial charge on any atom is 0.123 e.